The molecule has 0 fully saturated rings. The van der Waals surface area contributed by atoms with Crippen LogP contribution in [-0.2, 0) is 31.4 Å². The minimum atomic E-state index is -0.734. The smallest absolute Gasteiger partial charge is 0.319 e. The zero-order valence-corrected chi connectivity index (χ0v) is 22.7. The molecule has 0 aliphatic carbocycles. The molecule has 0 radical (unpaired) electrons. The summed E-state index contributed by atoms with van der Waals surface area (Å²) in [6.07, 6.45) is 2.14. The van der Waals surface area contributed by atoms with Gasteiger partial charge in [-0.2, -0.15) is 0 Å². The second-order valence-corrected chi connectivity index (χ2v) is 9.57. The second-order valence-electron chi connectivity index (χ2n) is 9.21. The standard InChI is InChI=1S/C30H26ClFN4O4/c1-20-8-10-21(11-9-20)13-15-25(37)33-27-28(31)36(30(40)34(2)29(27)39)17-5-6-22-12-14-24(32)23(18-22)19-35-16-4-3-7-26(35)38/h3-4,7-12,14,16,18H,13,15,17,19H2,1-2H3,(H,33,37). The summed E-state index contributed by atoms with van der Waals surface area (Å²) in [5.74, 6) is 4.76. The summed E-state index contributed by atoms with van der Waals surface area (Å²) >= 11 is 6.39. The normalized spacial score (nSPS) is 10.6. The molecule has 40 heavy (non-hydrogen) atoms. The van der Waals surface area contributed by atoms with Crippen molar-refractivity contribution >= 4 is 23.2 Å². The van der Waals surface area contributed by atoms with Gasteiger partial charge in [0.2, 0.25) is 5.91 Å². The van der Waals surface area contributed by atoms with Gasteiger partial charge in [-0.05, 0) is 43.2 Å². The Hall–Kier alpha value is -4.68. The highest BCUT2D eigenvalue weighted by molar-refractivity contribution is 6.32. The number of carbonyl (C=O) groups excluding carboxylic acids is 1. The molecule has 0 aliphatic heterocycles. The van der Waals surface area contributed by atoms with Gasteiger partial charge >= 0.3 is 5.69 Å². The number of hydrogen-bond acceptors (Lipinski definition) is 4. The lowest BCUT2D eigenvalue weighted by molar-refractivity contribution is -0.116. The Balaban J connectivity index is 1.52. The highest BCUT2D eigenvalue weighted by atomic mass is 35.5. The molecule has 2 aromatic heterocycles. The molecule has 0 spiro atoms. The number of halogens is 2. The average Bonchev–Trinajstić information content (AvgIpc) is 2.94. The quantitative estimate of drug-likeness (QED) is 0.277. The van der Waals surface area contributed by atoms with Gasteiger partial charge in [0.25, 0.3) is 11.1 Å². The van der Waals surface area contributed by atoms with Crippen molar-refractivity contribution in [2.75, 3.05) is 5.32 Å². The van der Waals surface area contributed by atoms with Gasteiger partial charge in [0.05, 0.1) is 13.1 Å². The average molecular weight is 561 g/mol. The maximum absolute atomic E-state index is 14.4. The molecule has 4 rings (SSSR count). The van der Waals surface area contributed by atoms with Crippen molar-refractivity contribution in [3.05, 3.63) is 131 Å². The van der Waals surface area contributed by atoms with Crippen molar-refractivity contribution < 1.29 is 9.18 Å². The van der Waals surface area contributed by atoms with Crippen molar-refractivity contribution in [3.8, 4) is 11.8 Å². The van der Waals surface area contributed by atoms with Crippen molar-refractivity contribution in [3.63, 3.8) is 0 Å². The number of amides is 1. The maximum Gasteiger partial charge on any atom is 0.332 e. The SMILES string of the molecule is Cc1ccc(CCC(=O)Nc2c(Cl)n(CC#Cc3ccc(F)c(Cn4ccccc4=O)c3)c(=O)n(C)c2=O)cc1. The molecular formula is C30H26ClFN4O4. The number of rotatable bonds is 7. The fourth-order valence-corrected chi connectivity index (χ4v) is 4.23. The molecule has 4 aromatic rings. The number of carbonyl (C=O) groups is 1. The number of pyridine rings is 1. The molecule has 1 N–H and O–H groups in total. The molecule has 204 valence electrons. The third kappa shape index (κ3) is 6.65. The summed E-state index contributed by atoms with van der Waals surface area (Å²) in [5.41, 5.74) is 0.897. The number of anilines is 1. The predicted octanol–water partition coefficient (Wildman–Crippen LogP) is 3.48. The molecule has 0 aliphatic rings. The minimum Gasteiger partial charge on any atom is -0.319 e. The van der Waals surface area contributed by atoms with E-state index in [1.807, 2.05) is 31.2 Å². The van der Waals surface area contributed by atoms with Crippen molar-refractivity contribution in [2.24, 2.45) is 7.05 Å². The zero-order chi connectivity index (χ0) is 28.8. The second kappa shape index (κ2) is 12.5. The van der Waals surface area contributed by atoms with E-state index in [4.69, 9.17) is 11.6 Å². The van der Waals surface area contributed by atoms with Crippen LogP contribution in [0.5, 0.6) is 0 Å². The third-order valence-electron chi connectivity index (χ3n) is 6.26. The Morgan fingerprint density at radius 2 is 1.80 bits per heavy atom. The molecule has 2 aromatic carbocycles. The monoisotopic (exact) mass is 560 g/mol. The lowest BCUT2D eigenvalue weighted by Gasteiger charge is -2.13. The number of benzene rings is 2. The Morgan fingerprint density at radius 3 is 2.52 bits per heavy atom. The molecule has 2 heterocycles. The van der Waals surface area contributed by atoms with E-state index >= 15 is 0 Å². The van der Waals surface area contributed by atoms with Gasteiger partial charge in [0.1, 0.15) is 16.7 Å². The lowest BCUT2D eigenvalue weighted by atomic mass is 10.1. The van der Waals surface area contributed by atoms with E-state index in [9.17, 15) is 23.6 Å². The van der Waals surface area contributed by atoms with Gasteiger partial charge in [0, 0.05) is 36.9 Å². The van der Waals surface area contributed by atoms with Gasteiger partial charge in [0.15, 0.2) is 0 Å². The van der Waals surface area contributed by atoms with Crippen LogP contribution >= 0.6 is 11.6 Å². The summed E-state index contributed by atoms with van der Waals surface area (Å²) in [4.78, 5) is 50.0. The van der Waals surface area contributed by atoms with E-state index in [-0.39, 0.29) is 41.5 Å². The van der Waals surface area contributed by atoms with Crippen LogP contribution in [0, 0.1) is 24.6 Å². The van der Waals surface area contributed by atoms with Crippen LogP contribution in [0.4, 0.5) is 10.1 Å². The van der Waals surface area contributed by atoms with E-state index in [1.54, 1.807) is 18.3 Å². The molecule has 0 unspecified atom stereocenters. The lowest BCUT2D eigenvalue weighted by Crippen LogP contribution is -2.40. The van der Waals surface area contributed by atoms with Crippen LogP contribution in [0.2, 0.25) is 5.15 Å². The fourth-order valence-electron chi connectivity index (χ4n) is 3.97. The molecule has 1 amide bonds. The molecule has 10 heteroatoms. The maximum atomic E-state index is 14.4. The van der Waals surface area contributed by atoms with Crippen molar-refractivity contribution in [1.82, 2.24) is 13.7 Å². The topological polar surface area (TPSA) is 95.1 Å². The fraction of sp³-hybridized carbons (Fsp3) is 0.200. The summed E-state index contributed by atoms with van der Waals surface area (Å²) in [6, 6.07) is 16.7. The summed E-state index contributed by atoms with van der Waals surface area (Å²) in [7, 11) is 1.28. The van der Waals surface area contributed by atoms with E-state index in [0.29, 0.717) is 12.0 Å². The predicted molar refractivity (Wildman–Crippen MR) is 152 cm³/mol. The number of hydrogen-bond donors (Lipinski definition) is 1. The highest BCUT2D eigenvalue weighted by Crippen LogP contribution is 2.16. The van der Waals surface area contributed by atoms with E-state index in [1.165, 1.54) is 35.9 Å². The Bertz CT molecular complexity index is 1810. The van der Waals surface area contributed by atoms with Crippen LogP contribution < -0.4 is 22.1 Å². The third-order valence-corrected chi connectivity index (χ3v) is 6.65. The van der Waals surface area contributed by atoms with Crippen LogP contribution in [0.1, 0.15) is 28.7 Å². The van der Waals surface area contributed by atoms with E-state index in [2.05, 4.69) is 17.2 Å². The number of nitrogens with one attached hydrogen (secondary N) is 1. The van der Waals surface area contributed by atoms with Crippen LogP contribution in [0.25, 0.3) is 0 Å². The Morgan fingerprint density at radius 1 is 1.05 bits per heavy atom. The van der Waals surface area contributed by atoms with Crippen LogP contribution in [-0.4, -0.2) is 19.6 Å². The van der Waals surface area contributed by atoms with Gasteiger partial charge in [-0.1, -0.05) is 59.3 Å². The van der Waals surface area contributed by atoms with Gasteiger partial charge < -0.3 is 9.88 Å². The zero-order valence-electron chi connectivity index (χ0n) is 21.9. The van der Waals surface area contributed by atoms with E-state index < -0.39 is 23.0 Å². The molecule has 0 atom stereocenters. The summed E-state index contributed by atoms with van der Waals surface area (Å²) in [5, 5.41) is 2.30. The molecule has 0 saturated heterocycles. The van der Waals surface area contributed by atoms with Crippen molar-refractivity contribution in [1.29, 1.82) is 0 Å². The van der Waals surface area contributed by atoms with Crippen LogP contribution in [0.15, 0.2) is 81.2 Å². The van der Waals surface area contributed by atoms with Gasteiger partial charge in [-0.25, -0.2) is 9.18 Å². The largest absolute Gasteiger partial charge is 0.332 e. The first-order chi connectivity index (χ1) is 19.1. The highest BCUT2D eigenvalue weighted by Gasteiger charge is 2.18. The van der Waals surface area contributed by atoms with Crippen LogP contribution in [0.3, 0.4) is 0 Å². The number of aromatic nitrogens is 3. The first-order valence-electron chi connectivity index (χ1n) is 12.4. The van der Waals surface area contributed by atoms with Gasteiger partial charge in [-0.3, -0.25) is 23.5 Å². The first kappa shape index (κ1) is 28.3. The van der Waals surface area contributed by atoms with Crippen molar-refractivity contribution in [2.45, 2.75) is 32.9 Å². The number of nitrogens with zero attached hydrogens (tertiary/aromatic N) is 3. The molecule has 0 bridgehead atoms. The molecule has 0 saturated carbocycles. The minimum absolute atomic E-state index is 0.0279. The summed E-state index contributed by atoms with van der Waals surface area (Å²) < 4.78 is 17.7. The summed E-state index contributed by atoms with van der Waals surface area (Å²) in [6.45, 7) is 1.81. The molecular weight excluding hydrogens is 535 g/mol. The Kier molecular flexibility index (Phi) is 8.82. The Labute approximate surface area is 234 Å². The number of aryl methyl sites for hydroxylation is 2. The van der Waals surface area contributed by atoms with E-state index in [0.717, 1.165) is 20.3 Å². The molecule has 8 nitrogen and oxygen atoms in total. The van der Waals surface area contributed by atoms with Gasteiger partial charge in [-0.15, -0.1) is 0 Å². The first-order valence-corrected chi connectivity index (χ1v) is 12.8.